The van der Waals surface area contributed by atoms with Gasteiger partial charge in [-0.05, 0) is 33.1 Å². The van der Waals surface area contributed by atoms with Crippen molar-refractivity contribution >= 4 is 5.96 Å². The normalized spacial score (nSPS) is 25.1. The lowest BCUT2D eigenvalue weighted by Gasteiger charge is -2.59. The molecule has 0 aliphatic heterocycles. The maximum atomic E-state index is 5.74. The van der Waals surface area contributed by atoms with Crippen LogP contribution in [0.4, 0.5) is 0 Å². The van der Waals surface area contributed by atoms with Gasteiger partial charge in [0.2, 0.25) is 0 Å². The van der Waals surface area contributed by atoms with Crippen molar-refractivity contribution < 1.29 is 4.74 Å². The molecule has 0 spiro atoms. The monoisotopic (exact) mass is 363 g/mol. The van der Waals surface area contributed by atoms with Gasteiger partial charge in [-0.2, -0.15) is 5.10 Å². The molecule has 2 N–H and O–H groups in total. The molecule has 0 aromatic carbocycles. The summed E-state index contributed by atoms with van der Waals surface area (Å²) in [4.78, 5) is 4.88. The van der Waals surface area contributed by atoms with Crippen LogP contribution in [0.3, 0.4) is 0 Å². The average molecular weight is 364 g/mol. The molecule has 1 saturated carbocycles. The van der Waals surface area contributed by atoms with Gasteiger partial charge in [-0.1, -0.05) is 27.7 Å². The van der Waals surface area contributed by atoms with Crippen molar-refractivity contribution in [2.75, 3.05) is 13.7 Å². The number of hydrogen-bond donors (Lipinski definition) is 2. The number of ether oxygens (including phenoxy) is 1. The SMILES string of the molecule is CCNC(=NCc1c(CC)nn(C)c1CC)NC1CC(C)(OC)C1(C)C. The summed E-state index contributed by atoms with van der Waals surface area (Å²) in [7, 11) is 3.83. The highest BCUT2D eigenvalue weighted by Crippen LogP contribution is 2.51. The van der Waals surface area contributed by atoms with Crippen molar-refractivity contribution in [2.24, 2.45) is 17.5 Å². The zero-order valence-corrected chi connectivity index (χ0v) is 17.9. The van der Waals surface area contributed by atoms with E-state index >= 15 is 0 Å². The fourth-order valence-corrected chi connectivity index (χ4v) is 3.94. The fourth-order valence-electron chi connectivity index (χ4n) is 3.94. The minimum atomic E-state index is -0.0872. The minimum absolute atomic E-state index is 0.0510. The van der Waals surface area contributed by atoms with E-state index in [0.29, 0.717) is 12.6 Å². The predicted octanol–water partition coefficient (Wildman–Crippen LogP) is 2.80. The summed E-state index contributed by atoms with van der Waals surface area (Å²) in [5.74, 6) is 0.872. The Morgan fingerprint density at radius 1 is 1.27 bits per heavy atom. The third-order valence-corrected chi connectivity index (χ3v) is 6.36. The zero-order chi connectivity index (χ0) is 19.5. The second-order valence-electron chi connectivity index (χ2n) is 7.96. The molecule has 6 nitrogen and oxygen atoms in total. The summed E-state index contributed by atoms with van der Waals surface area (Å²) in [6.45, 7) is 14.6. The van der Waals surface area contributed by atoms with Crippen LogP contribution in [0.15, 0.2) is 4.99 Å². The van der Waals surface area contributed by atoms with Crippen LogP contribution >= 0.6 is 0 Å². The minimum Gasteiger partial charge on any atom is -0.378 e. The third kappa shape index (κ3) is 3.61. The molecule has 1 aliphatic carbocycles. The van der Waals surface area contributed by atoms with Gasteiger partial charge in [0, 0.05) is 43.4 Å². The van der Waals surface area contributed by atoms with Gasteiger partial charge in [0.1, 0.15) is 0 Å². The number of methoxy groups -OCH3 is 1. The molecule has 148 valence electrons. The summed E-state index contributed by atoms with van der Waals surface area (Å²) in [5.41, 5.74) is 3.66. The van der Waals surface area contributed by atoms with Crippen LogP contribution in [0.5, 0.6) is 0 Å². The van der Waals surface area contributed by atoms with Crippen molar-refractivity contribution in [3.63, 3.8) is 0 Å². The van der Waals surface area contributed by atoms with E-state index < -0.39 is 0 Å². The molecule has 1 aromatic rings. The Hall–Kier alpha value is -1.56. The molecule has 0 saturated heterocycles. The molecule has 1 heterocycles. The molecular weight excluding hydrogens is 326 g/mol. The van der Waals surface area contributed by atoms with E-state index in [1.807, 2.05) is 11.7 Å². The van der Waals surface area contributed by atoms with E-state index in [4.69, 9.17) is 9.73 Å². The lowest BCUT2D eigenvalue weighted by Crippen LogP contribution is -2.69. The highest BCUT2D eigenvalue weighted by molar-refractivity contribution is 5.80. The van der Waals surface area contributed by atoms with Crippen LogP contribution in [-0.2, 0) is 31.2 Å². The highest BCUT2D eigenvalue weighted by atomic mass is 16.5. The smallest absolute Gasteiger partial charge is 0.191 e. The lowest BCUT2D eigenvalue weighted by atomic mass is 9.56. The molecule has 6 heteroatoms. The van der Waals surface area contributed by atoms with E-state index in [2.05, 4.69) is 57.3 Å². The third-order valence-electron chi connectivity index (χ3n) is 6.36. The summed E-state index contributed by atoms with van der Waals surface area (Å²) in [6.07, 6.45) is 2.89. The predicted molar refractivity (Wildman–Crippen MR) is 108 cm³/mol. The molecule has 1 fully saturated rings. The first-order valence-corrected chi connectivity index (χ1v) is 9.87. The molecule has 1 aromatic heterocycles. The van der Waals surface area contributed by atoms with E-state index in [1.165, 1.54) is 11.3 Å². The maximum Gasteiger partial charge on any atom is 0.191 e. The Balaban J connectivity index is 2.16. The van der Waals surface area contributed by atoms with Crippen LogP contribution in [0.1, 0.15) is 64.9 Å². The van der Waals surface area contributed by atoms with Gasteiger partial charge in [-0.15, -0.1) is 0 Å². The van der Waals surface area contributed by atoms with Crippen molar-refractivity contribution in [3.05, 3.63) is 17.0 Å². The summed E-state index contributed by atoms with van der Waals surface area (Å²) < 4.78 is 7.75. The number of nitrogens with one attached hydrogen (secondary N) is 2. The zero-order valence-electron chi connectivity index (χ0n) is 17.9. The van der Waals surface area contributed by atoms with Gasteiger partial charge < -0.3 is 15.4 Å². The largest absolute Gasteiger partial charge is 0.378 e. The van der Waals surface area contributed by atoms with E-state index in [1.54, 1.807) is 7.11 Å². The number of hydrogen-bond acceptors (Lipinski definition) is 3. The van der Waals surface area contributed by atoms with Crippen molar-refractivity contribution in [2.45, 2.75) is 79.0 Å². The number of guanidine groups is 1. The van der Waals surface area contributed by atoms with E-state index in [9.17, 15) is 0 Å². The van der Waals surface area contributed by atoms with Crippen LogP contribution in [-0.4, -0.2) is 41.0 Å². The van der Waals surface area contributed by atoms with Gasteiger partial charge in [-0.3, -0.25) is 4.68 Å². The van der Waals surface area contributed by atoms with Gasteiger partial charge in [0.05, 0.1) is 17.8 Å². The van der Waals surface area contributed by atoms with Crippen molar-refractivity contribution in [3.8, 4) is 0 Å². The summed E-state index contributed by atoms with van der Waals surface area (Å²) in [5, 5.41) is 11.7. The second kappa shape index (κ2) is 7.99. The van der Waals surface area contributed by atoms with Crippen molar-refractivity contribution in [1.29, 1.82) is 0 Å². The van der Waals surface area contributed by atoms with Crippen LogP contribution in [0.2, 0.25) is 0 Å². The highest BCUT2D eigenvalue weighted by Gasteiger charge is 2.58. The molecule has 0 bridgehead atoms. The van der Waals surface area contributed by atoms with Gasteiger partial charge in [0.25, 0.3) is 0 Å². The van der Waals surface area contributed by atoms with Crippen LogP contribution < -0.4 is 10.6 Å². The molecule has 0 amide bonds. The topological polar surface area (TPSA) is 63.5 Å². The average Bonchev–Trinajstić information content (AvgIpc) is 2.93. The molecule has 2 unspecified atom stereocenters. The Kier molecular flexibility index (Phi) is 6.37. The Bertz CT molecular complexity index is 649. The quantitative estimate of drug-likeness (QED) is 0.578. The molecule has 1 aliphatic rings. The Morgan fingerprint density at radius 2 is 1.96 bits per heavy atom. The first-order chi connectivity index (χ1) is 12.2. The van der Waals surface area contributed by atoms with E-state index in [0.717, 1.165) is 37.5 Å². The number of rotatable bonds is 7. The fraction of sp³-hybridized carbons (Fsp3) is 0.800. The van der Waals surface area contributed by atoms with Gasteiger partial charge in [-0.25, -0.2) is 4.99 Å². The van der Waals surface area contributed by atoms with Gasteiger partial charge in [0.15, 0.2) is 5.96 Å². The lowest BCUT2D eigenvalue weighted by molar-refractivity contribution is -0.176. The van der Waals surface area contributed by atoms with Gasteiger partial charge >= 0.3 is 0 Å². The second-order valence-corrected chi connectivity index (χ2v) is 7.96. The molecular formula is C20H37N5O. The molecule has 0 radical (unpaired) electrons. The van der Waals surface area contributed by atoms with Crippen LogP contribution in [0.25, 0.3) is 0 Å². The summed E-state index contributed by atoms with van der Waals surface area (Å²) >= 11 is 0. The molecule has 26 heavy (non-hydrogen) atoms. The first-order valence-electron chi connectivity index (χ1n) is 9.87. The first kappa shape index (κ1) is 20.7. The van der Waals surface area contributed by atoms with E-state index in [-0.39, 0.29) is 11.0 Å². The maximum absolute atomic E-state index is 5.74. The van der Waals surface area contributed by atoms with Crippen molar-refractivity contribution in [1.82, 2.24) is 20.4 Å². The number of aliphatic imine (C=N–C) groups is 1. The number of nitrogens with zero attached hydrogens (tertiary/aromatic N) is 3. The molecule has 2 rings (SSSR count). The summed E-state index contributed by atoms with van der Waals surface area (Å²) in [6, 6.07) is 0.343. The number of aryl methyl sites for hydroxylation is 2. The molecule has 2 atom stereocenters. The number of aromatic nitrogens is 2. The standard InChI is InChI=1S/C20H37N5O/c1-9-15-14(16(10-2)25(7)24-15)13-22-18(21-11-3)23-17-12-20(6,26-8)19(17,4)5/h17H,9-13H2,1-8H3,(H2,21,22,23). The Labute approximate surface area is 158 Å². The van der Waals surface area contributed by atoms with Crippen LogP contribution in [0, 0.1) is 5.41 Å². The Morgan fingerprint density at radius 3 is 2.46 bits per heavy atom.